The number of benzene rings is 2. The molecule has 0 aliphatic rings. The van der Waals surface area contributed by atoms with E-state index >= 15 is 0 Å². The molecule has 0 heterocycles. The van der Waals surface area contributed by atoms with E-state index in [0.29, 0.717) is 25.6 Å². The summed E-state index contributed by atoms with van der Waals surface area (Å²) in [6.45, 7) is 2.57. The monoisotopic (exact) mass is 349 g/mol. The van der Waals surface area contributed by atoms with Crippen molar-refractivity contribution in [3.63, 3.8) is 0 Å². The summed E-state index contributed by atoms with van der Waals surface area (Å²) in [5.41, 5.74) is 1.10. The maximum absolute atomic E-state index is 13.4. The number of ether oxygens (including phenoxy) is 2. The van der Waals surface area contributed by atoms with Gasteiger partial charge in [-0.25, -0.2) is 8.78 Å². The highest BCUT2D eigenvalue weighted by Gasteiger charge is 2.08. The lowest BCUT2D eigenvalue weighted by molar-refractivity contribution is -0.123. The first-order valence-corrected chi connectivity index (χ1v) is 8.07. The van der Waals surface area contributed by atoms with Crippen LogP contribution in [0.5, 0.6) is 5.75 Å². The largest absolute Gasteiger partial charge is 0.481 e. The highest BCUT2D eigenvalue weighted by Crippen LogP contribution is 2.17. The van der Waals surface area contributed by atoms with Crippen LogP contribution in [0, 0.1) is 11.6 Å². The fourth-order valence-corrected chi connectivity index (χ4v) is 2.17. The summed E-state index contributed by atoms with van der Waals surface area (Å²) in [5.74, 6) is -2.06. The maximum atomic E-state index is 13.4. The lowest BCUT2D eigenvalue weighted by Crippen LogP contribution is -2.30. The highest BCUT2D eigenvalue weighted by molar-refractivity contribution is 5.77. The summed E-state index contributed by atoms with van der Waals surface area (Å²) in [6.07, 6.45) is 0.634. The number of hydrogen-bond donors (Lipinski definition) is 1. The summed E-state index contributed by atoms with van der Waals surface area (Å²) in [5, 5.41) is 2.66. The Morgan fingerprint density at radius 1 is 1.16 bits per heavy atom. The Labute approximate surface area is 145 Å². The smallest absolute Gasteiger partial charge is 0.257 e. The van der Waals surface area contributed by atoms with Gasteiger partial charge in [0.25, 0.3) is 5.91 Å². The van der Waals surface area contributed by atoms with E-state index in [-0.39, 0.29) is 24.4 Å². The van der Waals surface area contributed by atoms with Crippen LogP contribution >= 0.6 is 0 Å². The van der Waals surface area contributed by atoms with Gasteiger partial charge in [0.05, 0.1) is 6.10 Å². The average Bonchev–Trinajstić information content (AvgIpc) is 2.61. The van der Waals surface area contributed by atoms with Gasteiger partial charge in [-0.2, -0.15) is 0 Å². The van der Waals surface area contributed by atoms with Crippen LogP contribution in [0.25, 0.3) is 0 Å². The van der Waals surface area contributed by atoms with Gasteiger partial charge in [0.15, 0.2) is 18.2 Å². The normalized spacial score (nSPS) is 11.8. The Bertz CT molecular complexity index is 680. The first kappa shape index (κ1) is 18.9. The third-order valence-electron chi connectivity index (χ3n) is 3.53. The summed E-state index contributed by atoms with van der Waals surface area (Å²) in [4.78, 5) is 11.6. The zero-order valence-corrected chi connectivity index (χ0v) is 14.0. The number of halogens is 2. The number of carbonyl (C=O) groups excluding carboxylic acids is 1. The topological polar surface area (TPSA) is 47.6 Å². The Balaban J connectivity index is 1.59. The lowest BCUT2D eigenvalue weighted by atomic mass is 10.1. The average molecular weight is 349 g/mol. The van der Waals surface area contributed by atoms with Crippen molar-refractivity contribution in [1.29, 1.82) is 0 Å². The molecule has 6 heteroatoms. The molecule has 4 nitrogen and oxygen atoms in total. The van der Waals surface area contributed by atoms with E-state index in [4.69, 9.17) is 9.47 Å². The van der Waals surface area contributed by atoms with E-state index in [1.165, 1.54) is 0 Å². The van der Waals surface area contributed by atoms with Crippen molar-refractivity contribution < 1.29 is 23.0 Å². The van der Waals surface area contributed by atoms with Gasteiger partial charge in [-0.15, -0.1) is 0 Å². The van der Waals surface area contributed by atoms with Crippen molar-refractivity contribution in [3.8, 4) is 5.75 Å². The molecule has 1 unspecified atom stereocenters. The summed E-state index contributed by atoms with van der Waals surface area (Å²) < 4.78 is 36.8. The Hall–Kier alpha value is -2.47. The number of amides is 1. The standard InChI is InChI=1S/C19H21F2NO3/c1-14(15-6-3-2-4-7-15)24-11-5-10-22-19(23)13-25-18-9-8-16(20)12-17(18)21/h2-4,6-9,12,14H,5,10-11,13H2,1H3,(H,22,23). The molecule has 0 fully saturated rings. The van der Waals surface area contributed by atoms with Crippen molar-refractivity contribution in [1.82, 2.24) is 5.32 Å². The van der Waals surface area contributed by atoms with Gasteiger partial charge in [0, 0.05) is 19.2 Å². The van der Waals surface area contributed by atoms with Gasteiger partial charge in [0.1, 0.15) is 5.82 Å². The molecule has 0 saturated carbocycles. The third kappa shape index (κ3) is 6.51. The zero-order chi connectivity index (χ0) is 18.1. The fourth-order valence-electron chi connectivity index (χ4n) is 2.17. The van der Waals surface area contributed by atoms with Crippen LogP contribution in [0.1, 0.15) is 25.0 Å². The van der Waals surface area contributed by atoms with Crippen LogP contribution < -0.4 is 10.1 Å². The summed E-state index contributed by atoms with van der Waals surface area (Å²) in [7, 11) is 0. The summed E-state index contributed by atoms with van der Waals surface area (Å²) in [6, 6.07) is 12.8. The van der Waals surface area contributed by atoms with E-state index in [1.807, 2.05) is 37.3 Å². The predicted octanol–water partition coefficient (Wildman–Crippen LogP) is 3.63. The molecule has 2 rings (SSSR count). The number of hydrogen-bond acceptors (Lipinski definition) is 3. The van der Waals surface area contributed by atoms with E-state index in [9.17, 15) is 13.6 Å². The van der Waals surface area contributed by atoms with Crippen molar-refractivity contribution in [2.75, 3.05) is 19.8 Å². The SMILES string of the molecule is CC(OCCCNC(=O)COc1ccc(F)cc1F)c1ccccc1. The van der Waals surface area contributed by atoms with Gasteiger partial charge in [-0.1, -0.05) is 30.3 Å². The fraction of sp³-hybridized carbons (Fsp3) is 0.316. The van der Waals surface area contributed by atoms with Gasteiger partial charge in [0.2, 0.25) is 0 Å². The van der Waals surface area contributed by atoms with Crippen LogP contribution in [-0.4, -0.2) is 25.7 Å². The van der Waals surface area contributed by atoms with Gasteiger partial charge in [-0.3, -0.25) is 4.79 Å². The van der Waals surface area contributed by atoms with Crippen LogP contribution in [0.4, 0.5) is 8.78 Å². The van der Waals surface area contributed by atoms with Gasteiger partial charge in [-0.05, 0) is 31.0 Å². The molecular weight excluding hydrogens is 328 g/mol. The van der Waals surface area contributed by atoms with Gasteiger partial charge >= 0.3 is 0 Å². The van der Waals surface area contributed by atoms with Crippen LogP contribution in [-0.2, 0) is 9.53 Å². The quantitative estimate of drug-likeness (QED) is 0.703. The molecule has 0 saturated heterocycles. The first-order chi connectivity index (χ1) is 12.1. The second-order valence-electron chi connectivity index (χ2n) is 5.49. The van der Waals surface area contributed by atoms with E-state index in [2.05, 4.69) is 5.32 Å². The van der Waals surface area contributed by atoms with Crippen molar-refractivity contribution >= 4 is 5.91 Å². The minimum atomic E-state index is -0.837. The van der Waals surface area contributed by atoms with Crippen LogP contribution in [0.2, 0.25) is 0 Å². The molecule has 0 bridgehead atoms. The Morgan fingerprint density at radius 2 is 1.92 bits per heavy atom. The van der Waals surface area contributed by atoms with E-state index in [1.54, 1.807) is 0 Å². The zero-order valence-electron chi connectivity index (χ0n) is 14.0. The highest BCUT2D eigenvalue weighted by atomic mass is 19.1. The van der Waals surface area contributed by atoms with Crippen LogP contribution in [0.3, 0.4) is 0 Å². The molecule has 1 amide bonds. The van der Waals surface area contributed by atoms with E-state index < -0.39 is 11.6 Å². The summed E-state index contributed by atoms with van der Waals surface area (Å²) >= 11 is 0. The van der Waals surface area contributed by atoms with Gasteiger partial charge < -0.3 is 14.8 Å². The predicted molar refractivity (Wildman–Crippen MR) is 90.3 cm³/mol. The van der Waals surface area contributed by atoms with Crippen molar-refractivity contribution in [3.05, 3.63) is 65.7 Å². The van der Waals surface area contributed by atoms with Crippen LogP contribution in [0.15, 0.2) is 48.5 Å². The minimum Gasteiger partial charge on any atom is -0.481 e. The maximum Gasteiger partial charge on any atom is 0.257 e. The molecule has 1 atom stereocenters. The Kier molecular flexibility index (Phi) is 7.35. The number of carbonyl (C=O) groups is 1. The lowest BCUT2D eigenvalue weighted by Gasteiger charge is -2.13. The number of nitrogens with one attached hydrogen (secondary N) is 1. The first-order valence-electron chi connectivity index (χ1n) is 8.07. The minimum absolute atomic E-state index is 0.0123. The molecule has 2 aromatic rings. The second kappa shape index (κ2) is 9.74. The number of rotatable bonds is 9. The van der Waals surface area contributed by atoms with Crippen molar-refractivity contribution in [2.45, 2.75) is 19.4 Å². The molecular formula is C19H21F2NO3. The van der Waals surface area contributed by atoms with Crippen molar-refractivity contribution in [2.24, 2.45) is 0 Å². The van der Waals surface area contributed by atoms with E-state index in [0.717, 1.165) is 17.7 Å². The molecule has 0 aliphatic carbocycles. The third-order valence-corrected chi connectivity index (χ3v) is 3.53. The molecule has 134 valence electrons. The molecule has 0 radical (unpaired) electrons. The second-order valence-corrected chi connectivity index (χ2v) is 5.49. The molecule has 1 N–H and O–H groups in total. The molecule has 0 aliphatic heterocycles. The molecule has 25 heavy (non-hydrogen) atoms. The Morgan fingerprint density at radius 3 is 2.64 bits per heavy atom. The molecule has 0 spiro atoms. The molecule has 0 aromatic heterocycles. The molecule has 2 aromatic carbocycles.